The summed E-state index contributed by atoms with van der Waals surface area (Å²) in [7, 11) is 2.64. The van der Waals surface area contributed by atoms with Crippen LogP contribution in [0.2, 0.25) is 0 Å². The van der Waals surface area contributed by atoms with Gasteiger partial charge in [0, 0.05) is 12.1 Å². The molecule has 0 bridgehead atoms. The lowest BCUT2D eigenvalue weighted by atomic mass is 10.1. The van der Waals surface area contributed by atoms with E-state index in [4.69, 9.17) is 13.9 Å². The number of aromatic hydroxyl groups is 4. The van der Waals surface area contributed by atoms with E-state index in [0.29, 0.717) is 0 Å². The van der Waals surface area contributed by atoms with Gasteiger partial charge in [-0.1, -0.05) is 0 Å². The van der Waals surface area contributed by atoms with Crippen molar-refractivity contribution in [1.82, 2.24) is 0 Å². The number of fused-ring (bicyclic) bond motifs is 1. The van der Waals surface area contributed by atoms with Gasteiger partial charge in [-0.3, -0.25) is 4.79 Å². The number of methoxy groups -OCH3 is 2. The quantitative estimate of drug-likeness (QED) is 0.568. The van der Waals surface area contributed by atoms with Crippen LogP contribution in [0.15, 0.2) is 33.5 Å². The number of hydrogen-bond donors (Lipinski definition) is 4. The molecule has 0 atom stereocenters. The Labute approximate surface area is 140 Å². The lowest BCUT2D eigenvalue weighted by Gasteiger charge is -2.13. The van der Waals surface area contributed by atoms with Gasteiger partial charge in [0.1, 0.15) is 22.5 Å². The first-order chi connectivity index (χ1) is 11.9. The molecule has 1 aromatic heterocycles. The lowest BCUT2D eigenvalue weighted by molar-refractivity contribution is 0.340. The Morgan fingerprint density at radius 3 is 2.32 bits per heavy atom. The van der Waals surface area contributed by atoms with E-state index in [1.165, 1.54) is 26.4 Å². The van der Waals surface area contributed by atoms with Crippen LogP contribution in [-0.2, 0) is 0 Å². The van der Waals surface area contributed by atoms with E-state index in [0.717, 1.165) is 12.1 Å². The highest BCUT2D eigenvalue weighted by atomic mass is 16.5. The van der Waals surface area contributed by atoms with Crippen LogP contribution < -0.4 is 14.9 Å². The fourth-order valence-electron chi connectivity index (χ4n) is 2.56. The molecule has 8 heteroatoms. The largest absolute Gasteiger partial charge is 0.508 e. The summed E-state index contributed by atoms with van der Waals surface area (Å²) in [6.07, 6.45) is 0. The van der Waals surface area contributed by atoms with Crippen LogP contribution in [0, 0.1) is 0 Å². The van der Waals surface area contributed by atoms with Crippen molar-refractivity contribution in [3.8, 4) is 45.8 Å². The molecule has 25 heavy (non-hydrogen) atoms. The third kappa shape index (κ3) is 2.44. The van der Waals surface area contributed by atoms with Gasteiger partial charge in [-0.2, -0.15) is 0 Å². The van der Waals surface area contributed by atoms with E-state index < -0.39 is 16.9 Å². The smallest absolute Gasteiger partial charge is 0.238 e. The number of phenolic OH excluding ortho intramolecular Hbond substituents is 3. The van der Waals surface area contributed by atoms with Gasteiger partial charge in [0.15, 0.2) is 17.3 Å². The van der Waals surface area contributed by atoms with Crippen molar-refractivity contribution in [2.75, 3.05) is 14.2 Å². The molecule has 0 radical (unpaired) electrons. The molecule has 0 aliphatic rings. The van der Waals surface area contributed by atoms with Crippen LogP contribution in [0.25, 0.3) is 22.3 Å². The number of benzene rings is 2. The Kier molecular flexibility index (Phi) is 3.80. The second-order valence-corrected chi connectivity index (χ2v) is 5.14. The zero-order valence-corrected chi connectivity index (χ0v) is 13.2. The lowest BCUT2D eigenvalue weighted by Crippen LogP contribution is -2.03. The second kappa shape index (κ2) is 5.82. The number of phenols is 3. The summed E-state index contributed by atoms with van der Waals surface area (Å²) in [5.74, 6) is -2.23. The highest BCUT2D eigenvalue weighted by Crippen LogP contribution is 2.46. The summed E-state index contributed by atoms with van der Waals surface area (Å²) in [5, 5.41) is 39.5. The number of rotatable bonds is 3. The maximum Gasteiger partial charge on any atom is 0.238 e. The van der Waals surface area contributed by atoms with Gasteiger partial charge in [-0.05, 0) is 12.1 Å². The topological polar surface area (TPSA) is 130 Å². The molecule has 8 nitrogen and oxygen atoms in total. The molecule has 0 saturated heterocycles. The van der Waals surface area contributed by atoms with Crippen molar-refractivity contribution in [2.45, 2.75) is 0 Å². The summed E-state index contributed by atoms with van der Waals surface area (Å²) in [4.78, 5) is 12.4. The molecule has 4 N–H and O–H groups in total. The van der Waals surface area contributed by atoms with Crippen molar-refractivity contribution in [1.29, 1.82) is 0 Å². The zero-order chi connectivity index (χ0) is 18.3. The Balaban J connectivity index is 2.40. The molecule has 0 aliphatic carbocycles. The molecule has 3 aromatic rings. The third-order valence-electron chi connectivity index (χ3n) is 3.70. The van der Waals surface area contributed by atoms with Gasteiger partial charge in [0.2, 0.25) is 16.9 Å². The van der Waals surface area contributed by atoms with Crippen LogP contribution in [0.5, 0.6) is 34.5 Å². The molecule has 0 saturated carbocycles. The molecule has 0 unspecified atom stereocenters. The zero-order valence-electron chi connectivity index (χ0n) is 13.2. The molecule has 0 aliphatic heterocycles. The summed E-state index contributed by atoms with van der Waals surface area (Å²) in [6, 6.07) is 4.90. The number of ether oxygens (including phenoxy) is 2. The maximum atomic E-state index is 12.4. The number of hydrogen-bond acceptors (Lipinski definition) is 8. The molecular weight excluding hydrogens is 332 g/mol. The summed E-state index contributed by atoms with van der Waals surface area (Å²) in [6.45, 7) is 0. The van der Waals surface area contributed by atoms with E-state index in [1.54, 1.807) is 0 Å². The Hall–Kier alpha value is -3.55. The average molecular weight is 346 g/mol. The van der Waals surface area contributed by atoms with Crippen molar-refractivity contribution < 1.29 is 34.3 Å². The second-order valence-electron chi connectivity index (χ2n) is 5.14. The first-order valence-electron chi connectivity index (χ1n) is 7.05. The summed E-state index contributed by atoms with van der Waals surface area (Å²) in [5.41, 5.74) is -0.959. The average Bonchev–Trinajstić information content (AvgIpc) is 2.57. The van der Waals surface area contributed by atoms with Gasteiger partial charge in [-0.25, -0.2) is 0 Å². The molecular formula is C17H14O8. The minimum absolute atomic E-state index is 0.0819. The van der Waals surface area contributed by atoms with Gasteiger partial charge >= 0.3 is 0 Å². The highest BCUT2D eigenvalue weighted by Gasteiger charge is 2.24. The fraction of sp³-hybridized carbons (Fsp3) is 0.118. The molecule has 3 rings (SSSR count). The summed E-state index contributed by atoms with van der Waals surface area (Å²) < 4.78 is 15.6. The van der Waals surface area contributed by atoms with E-state index in [9.17, 15) is 25.2 Å². The Morgan fingerprint density at radius 2 is 1.68 bits per heavy atom. The molecule has 0 amide bonds. The third-order valence-corrected chi connectivity index (χ3v) is 3.70. The van der Waals surface area contributed by atoms with Gasteiger partial charge < -0.3 is 34.3 Å². The van der Waals surface area contributed by atoms with Crippen molar-refractivity contribution in [2.24, 2.45) is 0 Å². The molecule has 2 aromatic carbocycles. The van der Waals surface area contributed by atoms with E-state index in [2.05, 4.69) is 0 Å². The molecule has 0 fully saturated rings. The predicted octanol–water partition coefficient (Wildman–Crippen LogP) is 2.30. The molecule has 0 spiro atoms. The molecule has 1 heterocycles. The fourth-order valence-corrected chi connectivity index (χ4v) is 2.56. The van der Waals surface area contributed by atoms with Crippen LogP contribution in [0.1, 0.15) is 0 Å². The van der Waals surface area contributed by atoms with Crippen LogP contribution >= 0.6 is 0 Å². The van der Waals surface area contributed by atoms with Gasteiger partial charge in [0.05, 0.1) is 19.8 Å². The minimum Gasteiger partial charge on any atom is -0.508 e. The van der Waals surface area contributed by atoms with Gasteiger partial charge in [0.25, 0.3) is 0 Å². The minimum atomic E-state index is -0.897. The standard InChI is InChI=1S/C17H14O8/c1-23-10-4-3-8(16(24-2)13(10)20)17-15(22)14(21)12-9(19)5-7(18)6-11(12)25-17/h3-6,18-20,22H,1-2H3. The van der Waals surface area contributed by atoms with Crippen LogP contribution in [-0.4, -0.2) is 34.6 Å². The monoisotopic (exact) mass is 346 g/mol. The maximum absolute atomic E-state index is 12.4. The molecule has 130 valence electrons. The van der Waals surface area contributed by atoms with E-state index >= 15 is 0 Å². The van der Waals surface area contributed by atoms with Crippen LogP contribution in [0.3, 0.4) is 0 Å². The van der Waals surface area contributed by atoms with Crippen molar-refractivity contribution >= 4 is 11.0 Å². The van der Waals surface area contributed by atoms with Crippen molar-refractivity contribution in [3.05, 3.63) is 34.5 Å². The van der Waals surface area contributed by atoms with E-state index in [1.807, 2.05) is 0 Å². The first-order valence-corrected chi connectivity index (χ1v) is 7.05. The SMILES string of the molecule is COc1ccc(-c2oc3cc(O)cc(O)c3c(=O)c2O)c(OC)c1O. The normalized spacial score (nSPS) is 10.8. The Bertz CT molecular complexity index is 1040. The predicted molar refractivity (Wildman–Crippen MR) is 87.7 cm³/mol. The highest BCUT2D eigenvalue weighted by molar-refractivity contribution is 5.89. The van der Waals surface area contributed by atoms with Crippen LogP contribution in [0.4, 0.5) is 0 Å². The Morgan fingerprint density at radius 1 is 0.960 bits per heavy atom. The van der Waals surface area contributed by atoms with Crippen molar-refractivity contribution in [3.63, 3.8) is 0 Å². The summed E-state index contributed by atoms with van der Waals surface area (Å²) >= 11 is 0. The van der Waals surface area contributed by atoms with Gasteiger partial charge in [-0.15, -0.1) is 0 Å². The first kappa shape index (κ1) is 16.3. The van der Waals surface area contributed by atoms with E-state index in [-0.39, 0.29) is 45.3 Å².